The number of thioether (sulfide) groups is 1. The largest absolute Gasteiger partial charge is 0.428 e. The summed E-state index contributed by atoms with van der Waals surface area (Å²) in [5.74, 6) is -1.26. The van der Waals surface area contributed by atoms with Crippen LogP contribution in [0.15, 0.2) is 41.8 Å². The van der Waals surface area contributed by atoms with E-state index in [2.05, 4.69) is 11.6 Å². The molecule has 14 heteroatoms. The number of benzene rings is 1. The standard InChI is InChI=1S/C12H9Cl2NO3.C8H10FN3O3S/c1-3-12(2)10(16)15(11(17)18-12)9-5-7(13)4-8(14)6-9;9-4-1-12(8(14)11-7(4)10)5-3-16-6(2-13)15-5/h3-6H,1H2,2H3;1,5-6,13H,2-3H2,(H2,10,11,14)/t;5-,6+/m.0/s1. The van der Waals surface area contributed by atoms with Crippen molar-refractivity contribution in [3.05, 3.63) is 63.4 Å². The van der Waals surface area contributed by atoms with Gasteiger partial charge in [-0.1, -0.05) is 29.8 Å². The quantitative estimate of drug-likeness (QED) is 0.569. The van der Waals surface area contributed by atoms with Gasteiger partial charge in [0.15, 0.2) is 11.6 Å². The Balaban J connectivity index is 0.000000192. The fourth-order valence-corrected chi connectivity index (χ4v) is 4.39. The summed E-state index contributed by atoms with van der Waals surface area (Å²) in [5.41, 5.74) is 3.02. The number of carbonyl (C=O) groups excluding carboxylic acids is 2. The Kier molecular flexibility index (Phi) is 7.88. The number of aliphatic hydroxyl groups excluding tert-OH is 1. The Morgan fingerprint density at radius 3 is 2.53 bits per heavy atom. The van der Waals surface area contributed by atoms with Gasteiger partial charge in [0.25, 0.3) is 5.91 Å². The molecule has 3 N–H and O–H groups in total. The predicted molar refractivity (Wildman–Crippen MR) is 125 cm³/mol. The maximum absolute atomic E-state index is 13.1. The minimum atomic E-state index is -1.36. The van der Waals surface area contributed by atoms with Gasteiger partial charge in [0.1, 0.15) is 11.7 Å². The number of nitrogen functional groups attached to an aromatic ring is 1. The molecule has 0 aliphatic carbocycles. The highest BCUT2D eigenvalue weighted by molar-refractivity contribution is 8.00. The number of carbonyl (C=O) groups is 2. The van der Waals surface area contributed by atoms with Crippen LogP contribution in [0.1, 0.15) is 13.2 Å². The molecule has 2 amide bonds. The molecule has 2 aromatic rings. The third-order valence-corrected chi connectivity index (χ3v) is 6.28. The van der Waals surface area contributed by atoms with Crippen LogP contribution in [0.3, 0.4) is 0 Å². The second kappa shape index (κ2) is 10.3. The van der Waals surface area contributed by atoms with E-state index in [1.54, 1.807) is 0 Å². The molecule has 2 fully saturated rings. The third-order valence-electron chi connectivity index (χ3n) is 4.73. The monoisotopic (exact) mass is 532 g/mol. The molecule has 10 nitrogen and oxygen atoms in total. The Morgan fingerprint density at radius 1 is 1.35 bits per heavy atom. The van der Waals surface area contributed by atoms with Gasteiger partial charge in [-0.15, -0.1) is 11.8 Å². The lowest BCUT2D eigenvalue weighted by Crippen LogP contribution is -2.37. The highest BCUT2D eigenvalue weighted by atomic mass is 35.5. The zero-order valence-corrected chi connectivity index (χ0v) is 19.9. The summed E-state index contributed by atoms with van der Waals surface area (Å²) in [5, 5.41) is 9.50. The van der Waals surface area contributed by atoms with Gasteiger partial charge in [-0.2, -0.15) is 4.98 Å². The molecule has 0 saturated carbocycles. The van der Waals surface area contributed by atoms with E-state index in [9.17, 15) is 18.8 Å². The van der Waals surface area contributed by atoms with Crippen molar-refractivity contribution < 1.29 is 28.6 Å². The zero-order valence-electron chi connectivity index (χ0n) is 17.6. The molecule has 0 radical (unpaired) electrons. The normalized spacial score (nSPS) is 24.0. The van der Waals surface area contributed by atoms with Crippen LogP contribution in [0, 0.1) is 5.82 Å². The Morgan fingerprint density at radius 2 is 2.00 bits per heavy atom. The molecule has 1 aromatic heterocycles. The summed E-state index contributed by atoms with van der Waals surface area (Å²) in [6.07, 6.45) is 0.854. The maximum Gasteiger partial charge on any atom is 0.422 e. The van der Waals surface area contributed by atoms with E-state index in [1.807, 2.05) is 0 Å². The Labute approximate surface area is 207 Å². The van der Waals surface area contributed by atoms with Crippen molar-refractivity contribution in [2.24, 2.45) is 0 Å². The number of nitrogens with zero attached hydrogens (tertiary/aromatic N) is 3. The van der Waals surface area contributed by atoms with E-state index < -0.39 is 46.6 Å². The number of halogens is 3. The van der Waals surface area contributed by atoms with Crippen LogP contribution in [-0.4, -0.2) is 50.1 Å². The second-order valence-electron chi connectivity index (χ2n) is 7.15. The first-order chi connectivity index (χ1) is 16.0. The summed E-state index contributed by atoms with van der Waals surface area (Å²) in [6.45, 7) is 4.80. The van der Waals surface area contributed by atoms with Gasteiger partial charge in [-0.05, 0) is 31.2 Å². The van der Waals surface area contributed by atoms with E-state index in [-0.39, 0.29) is 12.3 Å². The number of aromatic nitrogens is 2. The first kappa shape index (κ1) is 26.0. The van der Waals surface area contributed by atoms with E-state index in [0.29, 0.717) is 15.8 Å². The average molecular weight is 533 g/mol. The van der Waals surface area contributed by atoms with E-state index in [0.717, 1.165) is 15.7 Å². The van der Waals surface area contributed by atoms with E-state index >= 15 is 0 Å². The smallest absolute Gasteiger partial charge is 0.422 e. The number of hydrogen-bond donors (Lipinski definition) is 2. The summed E-state index contributed by atoms with van der Waals surface area (Å²) in [6, 6.07) is 4.42. The van der Waals surface area contributed by atoms with Crippen molar-refractivity contribution >= 4 is 58.5 Å². The number of hydrogen-bond acceptors (Lipinski definition) is 9. The van der Waals surface area contributed by atoms with E-state index in [4.69, 9.17) is 43.5 Å². The lowest BCUT2D eigenvalue weighted by Gasteiger charge is -2.15. The molecule has 1 aromatic carbocycles. The molecule has 182 valence electrons. The molecule has 2 saturated heterocycles. The molecule has 3 heterocycles. The minimum Gasteiger partial charge on any atom is -0.428 e. The summed E-state index contributed by atoms with van der Waals surface area (Å²) in [4.78, 5) is 39.5. The number of imide groups is 1. The van der Waals surface area contributed by atoms with Crippen LogP contribution in [0.25, 0.3) is 0 Å². The predicted octanol–water partition coefficient (Wildman–Crippen LogP) is 2.97. The number of aliphatic hydroxyl groups is 1. The summed E-state index contributed by atoms with van der Waals surface area (Å²) < 4.78 is 24.5. The lowest BCUT2D eigenvalue weighted by atomic mass is 10.1. The van der Waals surface area contributed by atoms with Crippen LogP contribution >= 0.6 is 35.0 Å². The van der Waals surface area contributed by atoms with Gasteiger partial charge in [-0.3, -0.25) is 9.36 Å². The number of ether oxygens (including phenoxy) is 2. The van der Waals surface area contributed by atoms with Gasteiger partial charge >= 0.3 is 11.8 Å². The molecule has 2 aliphatic heterocycles. The van der Waals surface area contributed by atoms with Crippen LogP contribution in [0.2, 0.25) is 10.0 Å². The van der Waals surface area contributed by atoms with Crippen LogP contribution in [0.4, 0.5) is 20.7 Å². The molecule has 0 spiro atoms. The average Bonchev–Trinajstić information content (AvgIpc) is 3.33. The van der Waals surface area contributed by atoms with Crippen molar-refractivity contribution in [3.63, 3.8) is 0 Å². The first-order valence-corrected chi connectivity index (χ1v) is 11.4. The van der Waals surface area contributed by atoms with Crippen molar-refractivity contribution in [2.75, 3.05) is 23.0 Å². The maximum atomic E-state index is 13.1. The third kappa shape index (κ3) is 5.36. The summed E-state index contributed by atoms with van der Waals surface area (Å²) >= 11 is 13.0. The highest BCUT2D eigenvalue weighted by Gasteiger charge is 2.49. The zero-order chi connectivity index (χ0) is 25.2. The minimum absolute atomic E-state index is 0.152. The molecule has 1 unspecified atom stereocenters. The van der Waals surface area contributed by atoms with Crippen molar-refractivity contribution in [1.29, 1.82) is 0 Å². The molecule has 2 aliphatic rings. The van der Waals surface area contributed by atoms with Crippen molar-refractivity contribution in [2.45, 2.75) is 24.2 Å². The van der Waals surface area contributed by atoms with Crippen LogP contribution in [-0.2, 0) is 14.3 Å². The molecule has 3 atom stereocenters. The van der Waals surface area contributed by atoms with Crippen LogP contribution < -0.4 is 16.3 Å². The van der Waals surface area contributed by atoms with Gasteiger partial charge in [0.2, 0.25) is 5.60 Å². The van der Waals surface area contributed by atoms with Gasteiger partial charge < -0.3 is 20.3 Å². The fraction of sp³-hybridized carbons (Fsp3) is 0.300. The molecule has 4 rings (SSSR count). The molecule has 0 bridgehead atoms. The van der Waals surface area contributed by atoms with Gasteiger partial charge in [-0.25, -0.2) is 18.9 Å². The summed E-state index contributed by atoms with van der Waals surface area (Å²) in [7, 11) is 0. The molecule has 34 heavy (non-hydrogen) atoms. The number of amides is 2. The lowest BCUT2D eigenvalue weighted by molar-refractivity contribution is -0.125. The topological polar surface area (TPSA) is 137 Å². The van der Waals surface area contributed by atoms with Crippen LogP contribution in [0.5, 0.6) is 0 Å². The SMILES string of the molecule is C=CC1(C)OC(=O)N(c2cc(Cl)cc(Cl)c2)C1=O.Nc1nc(=O)n([C@@H]2CS[C@H](CO)O2)cc1F. The number of anilines is 2. The Hall–Kier alpha value is -2.64. The number of cyclic esters (lactones) is 1. The Bertz CT molecular complexity index is 1180. The fourth-order valence-electron chi connectivity index (χ4n) is 2.94. The molecular weight excluding hydrogens is 514 g/mol. The van der Waals surface area contributed by atoms with Gasteiger partial charge in [0.05, 0.1) is 18.5 Å². The number of nitrogens with two attached hydrogens (primary N) is 1. The molecular formula is C20H19Cl2FN4O6S. The highest BCUT2D eigenvalue weighted by Crippen LogP contribution is 2.33. The van der Waals surface area contributed by atoms with Gasteiger partial charge in [0, 0.05) is 15.8 Å². The first-order valence-electron chi connectivity index (χ1n) is 9.58. The second-order valence-corrected chi connectivity index (χ2v) is 9.21. The van der Waals surface area contributed by atoms with Crippen molar-refractivity contribution in [3.8, 4) is 0 Å². The van der Waals surface area contributed by atoms with Crippen molar-refractivity contribution in [1.82, 2.24) is 9.55 Å². The number of rotatable bonds is 4. The van der Waals surface area contributed by atoms with E-state index in [1.165, 1.54) is 43.0 Å².